The summed E-state index contributed by atoms with van der Waals surface area (Å²) in [5, 5.41) is 10.8. The van der Waals surface area contributed by atoms with Gasteiger partial charge in [0.25, 0.3) is 0 Å². The zero-order valence-corrected chi connectivity index (χ0v) is 33.3. The first-order valence-electron chi connectivity index (χ1n) is 20.2. The van der Waals surface area contributed by atoms with Crippen molar-refractivity contribution in [2.75, 3.05) is 0 Å². The Hall–Kier alpha value is -6.79. The molecule has 276 valence electrons. The molecule has 0 saturated heterocycles. The first-order chi connectivity index (χ1) is 28.8. The molecule has 0 amide bonds. The lowest BCUT2D eigenvalue weighted by atomic mass is 9.13. The summed E-state index contributed by atoms with van der Waals surface area (Å²) in [6.45, 7) is 0. The molecular formula is C56H44BP. The molecule has 0 aliphatic carbocycles. The van der Waals surface area contributed by atoms with Crippen LogP contribution in [0.15, 0.2) is 267 Å². The van der Waals surface area contributed by atoms with E-state index in [1.54, 1.807) is 0 Å². The van der Waals surface area contributed by atoms with Gasteiger partial charge in [0.2, 0.25) is 0 Å². The number of hydrogen-bond donors (Lipinski definition) is 0. The van der Waals surface area contributed by atoms with E-state index < -0.39 is 13.4 Å². The van der Waals surface area contributed by atoms with Crippen molar-refractivity contribution >= 4 is 78.0 Å². The van der Waals surface area contributed by atoms with Crippen molar-refractivity contribution in [2.24, 2.45) is 0 Å². The second-order valence-electron chi connectivity index (χ2n) is 14.8. The van der Waals surface area contributed by atoms with Crippen molar-refractivity contribution in [3.8, 4) is 0 Å². The minimum Gasteiger partial charge on any atom is -0.195 e. The van der Waals surface area contributed by atoms with E-state index in [4.69, 9.17) is 0 Å². The van der Waals surface area contributed by atoms with Crippen molar-refractivity contribution in [3.05, 3.63) is 267 Å². The largest absolute Gasteiger partial charge is 0.195 e. The van der Waals surface area contributed by atoms with Gasteiger partial charge in [-0.1, -0.05) is 231 Å². The maximum Gasteiger partial charge on any atom is 0.145 e. The molecule has 0 spiro atoms. The summed E-state index contributed by atoms with van der Waals surface area (Å²) in [4.78, 5) is 0. The van der Waals surface area contributed by atoms with Crippen LogP contribution in [-0.2, 0) is 0 Å². The van der Waals surface area contributed by atoms with Crippen LogP contribution in [0.2, 0.25) is 0 Å². The third-order valence-corrected chi connectivity index (χ3v) is 16.1. The molecule has 10 rings (SSSR count). The quantitative estimate of drug-likeness (QED) is 0.107. The van der Waals surface area contributed by atoms with E-state index in [1.807, 2.05) is 0 Å². The monoisotopic (exact) mass is 758 g/mol. The van der Waals surface area contributed by atoms with Crippen molar-refractivity contribution in [1.82, 2.24) is 0 Å². The second kappa shape index (κ2) is 16.7. The summed E-state index contributed by atoms with van der Waals surface area (Å²) in [6, 6.07) is 97.1. The third-order valence-electron chi connectivity index (χ3n) is 11.7. The number of hydrogen-bond acceptors (Lipinski definition) is 0. The van der Waals surface area contributed by atoms with Crippen LogP contribution in [0.3, 0.4) is 0 Å². The summed E-state index contributed by atoms with van der Waals surface area (Å²) >= 11 is 0. The number of rotatable bonds is 8. The molecule has 0 unspecified atom stereocenters. The molecule has 0 heterocycles. The molecule has 0 saturated carbocycles. The molecule has 10 aromatic rings. The molecule has 0 atom stereocenters. The highest BCUT2D eigenvalue weighted by atomic mass is 31.2. The molecule has 0 bridgehead atoms. The minimum atomic E-state index is -2.20. The van der Waals surface area contributed by atoms with Crippen LogP contribution in [-0.4, -0.2) is 6.15 Å². The molecule has 0 radical (unpaired) electrons. The Kier molecular flexibility index (Phi) is 10.6. The Balaban J connectivity index is 0.000000156. The fourth-order valence-corrected chi connectivity index (χ4v) is 13.9. The molecular weight excluding hydrogens is 714 g/mol. The van der Waals surface area contributed by atoms with E-state index in [2.05, 4.69) is 267 Å². The SMILES string of the molecule is c1ccc([B-](c2ccccc2)(c2ccccc2)c2ccccc2)cc1.c1ccc([P+](c2ccccc2)(c2cccc3ccccc23)c2cccc3ccccc23)cc1. The Morgan fingerprint density at radius 3 is 0.810 bits per heavy atom. The summed E-state index contributed by atoms with van der Waals surface area (Å²) in [5.41, 5.74) is 5.36. The van der Waals surface area contributed by atoms with E-state index in [0.29, 0.717) is 0 Å². The Morgan fingerprint density at radius 1 is 0.224 bits per heavy atom. The van der Waals surface area contributed by atoms with Crippen molar-refractivity contribution < 1.29 is 0 Å². The lowest BCUT2D eigenvalue weighted by Crippen LogP contribution is -2.74. The van der Waals surface area contributed by atoms with Crippen LogP contribution in [0, 0.1) is 0 Å². The predicted molar refractivity (Wildman–Crippen MR) is 256 cm³/mol. The molecule has 2 heteroatoms. The maximum atomic E-state index is 2.36. The third kappa shape index (κ3) is 6.64. The topological polar surface area (TPSA) is 0 Å². The summed E-state index contributed by atoms with van der Waals surface area (Å²) < 4.78 is 0. The number of fused-ring (bicyclic) bond motifs is 2. The van der Waals surface area contributed by atoms with Gasteiger partial charge < -0.3 is 0 Å². The van der Waals surface area contributed by atoms with Crippen molar-refractivity contribution in [2.45, 2.75) is 0 Å². The molecule has 10 aromatic carbocycles. The van der Waals surface area contributed by atoms with Gasteiger partial charge >= 0.3 is 0 Å². The van der Waals surface area contributed by atoms with Gasteiger partial charge in [-0.15, -0.1) is 0 Å². The average Bonchev–Trinajstić information content (AvgIpc) is 3.32. The molecule has 0 aromatic heterocycles. The average molecular weight is 759 g/mol. The van der Waals surface area contributed by atoms with Crippen LogP contribution >= 0.6 is 7.26 Å². The highest BCUT2D eigenvalue weighted by Gasteiger charge is 2.49. The van der Waals surface area contributed by atoms with Gasteiger partial charge in [-0.05, 0) is 47.2 Å². The molecule has 0 aliphatic heterocycles. The van der Waals surface area contributed by atoms with Crippen molar-refractivity contribution in [3.63, 3.8) is 0 Å². The van der Waals surface area contributed by atoms with Crippen LogP contribution < -0.4 is 43.1 Å². The van der Waals surface area contributed by atoms with Gasteiger partial charge in [-0.2, -0.15) is 21.9 Å². The number of benzene rings is 10. The molecule has 0 fully saturated rings. The highest BCUT2D eigenvalue weighted by molar-refractivity contribution is 8.02. The second-order valence-corrected chi connectivity index (χ2v) is 18.2. The fourth-order valence-electron chi connectivity index (χ4n) is 9.26. The molecule has 0 aliphatic rings. The predicted octanol–water partition coefficient (Wildman–Crippen LogP) is 9.68. The summed E-state index contributed by atoms with van der Waals surface area (Å²) in [7, 11) is -2.20. The van der Waals surface area contributed by atoms with Gasteiger partial charge in [0.05, 0.1) is 0 Å². The van der Waals surface area contributed by atoms with E-state index in [0.717, 1.165) is 0 Å². The van der Waals surface area contributed by atoms with E-state index >= 15 is 0 Å². The Labute approximate surface area is 343 Å². The van der Waals surface area contributed by atoms with Crippen LogP contribution in [0.4, 0.5) is 0 Å². The Morgan fingerprint density at radius 2 is 0.483 bits per heavy atom. The van der Waals surface area contributed by atoms with E-state index in [1.165, 1.54) is 64.6 Å². The molecule has 0 nitrogen and oxygen atoms in total. The van der Waals surface area contributed by atoms with Crippen LogP contribution in [0.5, 0.6) is 0 Å². The zero-order valence-electron chi connectivity index (χ0n) is 32.4. The van der Waals surface area contributed by atoms with Crippen LogP contribution in [0.1, 0.15) is 0 Å². The highest BCUT2D eigenvalue weighted by Crippen LogP contribution is 2.56. The van der Waals surface area contributed by atoms with Gasteiger partial charge in [0.15, 0.2) is 0 Å². The van der Waals surface area contributed by atoms with Gasteiger partial charge in [-0.3, -0.25) is 0 Å². The maximum absolute atomic E-state index is 2.36. The molecule has 58 heavy (non-hydrogen) atoms. The van der Waals surface area contributed by atoms with Crippen LogP contribution in [0.25, 0.3) is 21.5 Å². The lowest BCUT2D eigenvalue weighted by Gasteiger charge is -2.44. The van der Waals surface area contributed by atoms with Crippen molar-refractivity contribution in [1.29, 1.82) is 0 Å². The minimum absolute atomic E-state index is 1.22. The fraction of sp³-hybridized carbons (Fsp3) is 0. The first kappa shape index (κ1) is 36.8. The molecule has 0 N–H and O–H groups in total. The Bertz CT molecular complexity index is 2570. The van der Waals surface area contributed by atoms with E-state index in [9.17, 15) is 0 Å². The van der Waals surface area contributed by atoms with Gasteiger partial charge in [0.1, 0.15) is 34.6 Å². The normalized spacial score (nSPS) is 11.4. The van der Waals surface area contributed by atoms with Gasteiger partial charge in [-0.25, -0.2) is 0 Å². The summed E-state index contributed by atoms with van der Waals surface area (Å²) in [6.07, 6.45) is -1.22. The standard InChI is InChI=1S/C32H24P.C24H20B/c1-3-17-27(18-4-1)33(28-19-5-2-6-20-28,31-23-11-15-25-13-7-9-21-29(25)31)32-24-12-16-26-14-8-10-22-30(26)32;1-5-13-21(14-6-1)25(22-15-7-2-8-16-22,23-17-9-3-10-18-23)24-19-11-4-12-20-24/h1-24H;1-20H/q+1;-1. The summed E-state index contributed by atoms with van der Waals surface area (Å²) in [5.74, 6) is 0. The lowest BCUT2D eigenvalue weighted by molar-refractivity contribution is 1.66. The van der Waals surface area contributed by atoms with E-state index in [-0.39, 0.29) is 0 Å². The first-order valence-corrected chi connectivity index (χ1v) is 21.9. The zero-order chi connectivity index (χ0) is 39.0. The van der Waals surface area contributed by atoms with Gasteiger partial charge in [0, 0.05) is 10.8 Å². The smallest absolute Gasteiger partial charge is 0.145 e.